The Morgan fingerprint density at radius 2 is 1.49 bits per heavy atom. The van der Waals surface area contributed by atoms with E-state index in [4.69, 9.17) is 0 Å². The van der Waals surface area contributed by atoms with Crippen LogP contribution in [0.5, 0.6) is 0 Å². The molecule has 13 nitrogen and oxygen atoms in total. The number of carbonyl (C=O) groups excluding carboxylic acids is 6. The molecule has 1 aromatic rings. The lowest BCUT2D eigenvalue weighted by Gasteiger charge is -2.38. The summed E-state index contributed by atoms with van der Waals surface area (Å²) in [5, 5.41) is 11.5. The van der Waals surface area contributed by atoms with Crippen LogP contribution in [-0.4, -0.2) is 86.9 Å². The van der Waals surface area contributed by atoms with Crippen molar-refractivity contribution >= 4 is 75.8 Å². The third-order valence-corrected chi connectivity index (χ3v) is 10.7. The third kappa shape index (κ3) is 13.6. The van der Waals surface area contributed by atoms with Crippen LogP contribution in [0.3, 0.4) is 0 Å². The summed E-state index contributed by atoms with van der Waals surface area (Å²) in [6, 6.07) is -3.68. The van der Waals surface area contributed by atoms with Gasteiger partial charge in [-0.25, -0.2) is 4.98 Å². The molecule has 3 saturated carbocycles. The zero-order chi connectivity index (χ0) is 35.3. The molecule has 0 unspecified atom stereocenters. The molecule has 0 radical (unpaired) electrons. The van der Waals surface area contributed by atoms with Crippen molar-refractivity contribution in [3.05, 3.63) is 24.3 Å². The number of Topliss-reactive ketones (excluding diaryl/α,β-unsaturated/α-hetero) is 1. The topological polar surface area (TPSA) is 180 Å². The Bertz CT molecular complexity index is 1410. The van der Waals surface area contributed by atoms with Gasteiger partial charge in [0.2, 0.25) is 23.5 Å². The number of rotatable bonds is 13. The van der Waals surface area contributed by atoms with Crippen molar-refractivity contribution in [1.82, 2.24) is 36.1 Å². The molecule has 4 aliphatic rings. The molecule has 5 rings (SSSR count). The van der Waals surface area contributed by atoms with E-state index in [1.807, 2.05) is 27.7 Å². The number of likely N-dealkylation sites (tertiary alicyclic amines) is 1. The van der Waals surface area contributed by atoms with Gasteiger partial charge in [-0.3, -0.25) is 33.8 Å². The minimum absolute atomic E-state index is 0. The molecular formula is C39H71N7O6S3. The van der Waals surface area contributed by atoms with Crippen LogP contribution < -0.4 is 21.3 Å². The molecule has 0 bridgehead atoms. The minimum Gasteiger partial charge on any atom is -0.347 e. The average molecular weight is 830 g/mol. The van der Waals surface area contributed by atoms with Crippen molar-refractivity contribution < 1.29 is 28.8 Å². The Morgan fingerprint density at radius 3 is 2.05 bits per heavy atom. The van der Waals surface area contributed by atoms with Gasteiger partial charge >= 0.3 is 0 Å². The van der Waals surface area contributed by atoms with E-state index in [-0.39, 0.29) is 98.2 Å². The summed E-state index contributed by atoms with van der Waals surface area (Å²) in [6.07, 6.45) is 13.9. The van der Waals surface area contributed by atoms with Crippen LogP contribution in [0.25, 0.3) is 0 Å². The molecule has 316 valence electrons. The first kappa shape index (κ1) is 54.3. The van der Waals surface area contributed by atoms with Gasteiger partial charge < -0.3 is 26.2 Å². The molecule has 1 aliphatic heterocycles. The zero-order valence-corrected chi connectivity index (χ0v) is 33.8. The first-order valence-electron chi connectivity index (χ1n) is 18.2. The summed E-state index contributed by atoms with van der Waals surface area (Å²) in [4.78, 5) is 91.4. The lowest BCUT2D eigenvalue weighted by atomic mass is 9.82. The molecule has 55 heavy (non-hydrogen) atoms. The Balaban J connectivity index is 0. The number of carbonyl (C=O) groups is 6. The number of nitrogens with one attached hydrogen (secondary N) is 4. The summed E-state index contributed by atoms with van der Waals surface area (Å²) in [5.41, 5.74) is -0.638. The van der Waals surface area contributed by atoms with E-state index in [1.54, 1.807) is 4.90 Å². The largest absolute Gasteiger partial charge is 0.347 e. The average Bonchev–Trinajstić information content (AvgIpc) is 3.65. The summed E-state index contributed by atoms with van der Waals surface area (Å²) < 4.78 is 0. The van der Waals surface area contributed by atoms with Gasteiger partial charge in [-0.2, -0.15) is 40.5 Å². The van der Waals surface area contributed by atoms with Crippen LogP contribution in [0.4, 0.5) is 0 Å². The fraction of sp³-hybridized carbons (Fsp3) is 0.744. The zero-order valence-electron chi connectivity index (χ0n) is 30.8. The second-order valence-corrected chi connectivity index (χ2v) is 15.5. The van der Waals surface area contributed by atoms with Crippen molar-refractivity contribution in [1.29, 1.82) is 0 Å². The molecule has 1 saturated heterocycles. The lowest BCUT2D eigenvalue weighted by Crippen LogP contribution is -2.62. The molecule has 4 N–H and O–H groups in total. The smallest absolute Gasteiger partial charge is 0.289 e. The second kappa shape index (κ2) is 24.0. The molecule has 4 fully saturated rings. The molecule has 0 spiro atoms. The summed E-state index contributed by atoms with van der Waals surface area (Å²) in [5.74, 6) is -3.20. The molecule has 1 aromatic heterocycles. The SMILES string of the molecule is C.C.C.CCC[C@H](NC(=O)[C@@H]1[C@@H]2CCC[C@H]2CN1C(=O)[C@H](NC(=O)[C@@H](NC(=O)c1cnccn1)C1CCCCC1)C(C)(C)C)C(=O)C(=O)NC1CC1.S.S.S. The van der Waals surface area contributed by atoms with Gasteiger partial charge in [-0.05, 0) is 68.1 Å². The molecule has 5 amide bonds. The predicted octanol–water partition coefficient (Wildman–Crippen LogP) is 4.69. The predicted molar refractivity (Wildman–Crippen MR) is 232 cm³/mol. The van der Waals surface area contributed by atoms with E-state index in [9.17, 15) is 28.8 Å². The van der Waals surface area contributed by atoms with Crippen molar-refractivity contribution in [2.24, 2.45) is 23.2 Å². The Labute approximate surface area is 350 Å². The van der Waals surface area contributed by atoms with Gasteiger partial charge in [-0.1, -0.05) is 82.1 Å². The highest BCUT2D eigenvalue weighted by molar-refractivity contribution is 7.59. The number of ketones is 1. The number of amides is 5. The van der Waals surface area contributed by atoms with Gasteiger partial charge in [0.15, 0.2) is 0 Å². The third-order valence-electron chi connectivity index (χ3n) is 10.7. The first-order valence-corrected chi connectivity index (χ1v) is 18.2. The van der Waals surface area contributed by atoms with E-state index in [2.05, 4.69) is 31.2 Å². The fourth-order valence-corrected chi connectivity index (χ4v) is 7.87. The van der Waals surface area contributed by atoms with Gasteiger partial charge in [0.05, 0.1) is 12.2 Å². The Hall–Kier alpha value is -2.85. The molecule has 3 aliphatic carbocycles. The van der Waals surface area contributed by atoms with E-state index < -0.39 is 59.0 Å². The molecule has 2 heterocycles. The Morgan fingerprint density at radius 1 is 0.836 bits per heavy atom. The van der Waals surface area contributed by atoms with Gasteiger partial charge in [0.25, 0.3) is 11.8 Å². The normalized spacial score (nSPS) is 21.6. The van der Waals surface area contributed by atoms with E-state index >= 15 is 0 Å². The van der Waals surface area contributed by atoms with E-state index in [1.165, 1.54) is 18.6 Å². The van der Waals surface area contributed by atoms with Gasteiger partial charge in [0.1, 0.15) is 23.8 Å². The number of fused-ring (bicyclic) bond motifs is 1. The molecule has 0 aromatic carbocycles. The maximum Gasteiger partial charge on any atom is 0.289 e. The van der Waals surface area contributed by atoms with Gasteiger partial charge in [-0.15, -0.1) is 0 Å². The van der Waals surface area contributed by atoms with Crippen LogP contribution >= 0.6 is 40.5 Å². The van der Waals surface area contributed by atoms with Crippen molar-refractivity contribution in [2.75, 3.05) is 6.54 Å². The minimum atomic E-state index is -0.994. The van der Waals surface area contributed by atoms with Crippen LogP contribution in [0.1, 0.15) is 138 Å². The number of hydrogen-bond donors (Lipinski definition) is 4. The quantitative estimate of drug-likeness (QED) is 0.207. The highest BCUT2D eigenvalue weighted by atomic mass is 32.1. The summed E-state index contributed by atoms with van der Waals surface area (Å²) in [7, 11) is 0. The summed E-state index contributed by atoms with van der Waals surface area (Å²) >= 11 is 0. The Kier molecular flexibility index (Phi) is 23.7. The standard InChI is InChI=1S/C36H53N7O6.3CH4.3H2S/c1-5-10-25(29(44)34(48)39-23-15-16-23)40-33(47)28-24-14-9-13-22(24)20-43(28)35(49)30(36(2,3)4)42-32(46)27(21-11-7-6-8-12-21)41-31(45)26-19-37-17-18-38-26;;;;;;/h17-19,21-25,27-28,30H,5-16,20H2,1-4H3,(H,39,48)(H,40,47)(H,41,45)(H,42,46);3*1H4;3*1H2/t22-,24+,25-,27-,28-,30-;;;;;;/m0....../s1. The van der Waals surface area contributed by atoms with Crippen molar-refractivity contribution in [3.63, 3.8) is 0 Å². The van der Waals surface area contributed by atoms with Crippen molar-refractivity contribution in [2.45, 2.75) is 157 Å². The van der Waals surface area contributed by atoms with Crippen molar-refractivity contribution in [3.8, 4) is 0 Å². The molecular weight excluding hydrogens is 759 g/mol. The first-order chi connectivity index (χ1) is 23.4. The number of nitrogens with zero attached hydrogens (tertiary/aromatic N) is 3. The van der Waals surface area contributed by atoms with Gasteiger partial charge in [0, 0.05) is 25.0 Å². The van der Waals surface area contributed by atoms with Crippen LogP contribution in [0.2, 0.25) is 0 Å². The highest BCUT2D eigenvalue weighted by Gasteiger charge is 2.52. The molecule has 16 heteroatoms. The maximum atomic E-state index is 14.6. The van der Waals surface area contributed by atoms with Crippen LogP contribution in [-0.2, 0) is 24.0 Å². The maximum absolute atomic E-state index is 14.6. The number of aromatic nitrogens is 2. The second-order valence-electron chi connectivity index (χ2n) is 15.5. The molecule has 6 atom stereocenters. The van der Waals surface area contributed by atoms with E-state index in [0.717, 1.165) is 64.2 Å². The van der Waals surface area contributed by atoms with E-state index in [0.29, 0.717) is 19.4 Å². The fourth-order valence-electron chi connectivity index (χ4n) is 7.87. The highest BCUT2D eigenvalue weighted by Crippen LogP contribution is 2.43. The van der Waals surface area contributed by atoms with Crippen LogP contribution in [0.15, 0.2) is 18.6 Å². The lowest BCUT2D eigenvalue weighted by molar-refractivity contribution is -0.146. The summed E-state index contributed by atoms with van der Waals surface area (Å²) in [6.45, 7) is 7.85. The number of hydrogen-bond acceptors (Lipinski definition) is 8. The van der Waals surface area contributed by atoms with Crippen LogP contribution in [0, 0.1) is 23.2 Å². The monoisotopic (exact) mass is 829 g/mol.